The molecule has 0 aliphatic rings. The highest BCUT2D eigenvalue weighted by atomic mass is 32.1. The van der Waals surface area contributed by atoms with Gasteiger partial charge in [0.1, 0.15) is 5.75 Å². The molecule has 0 atom stereocenters. The molecule has 142 valence electrons. The normalized spacial score (nSPS) is 10.6. The van der Waals surface area contributed by atoms with Gasteiger partial charge in [0, 0.05) is 5.69 Å². The average Bonchev–Trinajstić information content (AvgIpc) is 2.74. The summed E-state index contributed by atoms with van der Waals surface area (Å²) in [4.78, 5) is 0. The van der Waals surface area contributed by atoms with Gasteiger partial charge in [-0.15, -0.1) is 0 Å². The first-order valence-corrected chi connectivity index (χ1v) is 9.62. The minimum Gasteiger partial charge on any atom is -0.494 e. The highest BCUT2D eigenvalue weighted by molar-refractivity contribution is 7.80. The van der Waals surface area contributed by atoms with E-state index in [0.29, 0.717) is 11.7 Å². The van der Waals surface area contributed by atoms with Crippen molar-refractivity contribution in [3.63, 3.8) is 0 Å². The summed E-state index contributed by atoms with van der Waals surface area (Å²) in [5.74, 6) is 0.861. The maximum Gasteiger partial charge on any atom is 0.191 e. The van der Waals surface area contributed by atoms with Crippen molar-refractivity contribution in [2.75, 3.05) is 11.9 Å². The number of hydrogen-bond donors (Lipinski definition) is 2. The van der Waals surface area contributed by atoms with Crippen molar-refractivity contribution in [2.24, 2.45) is 5.10 Å². The summed E-state index contributed by atoms with van der Waals surface area (Å²) in [5, 5.41) is 7.67. The van der Waals surface area contributed by atoms with E-state index in [0.717, 1.165) is 29.8 Å². The molecule has 0 aliphatic carbocycles. The predicted molar refractivity (Wildman–Crippen MR) is 120 cm³/mol. The highest BCUT2D eigenvalue weighted by Gasteiger charge is 1.97. The van der Waals surface area contributed by atoms with Crippen LogP contribution in [-0.4, -0.2) is 17.9 Å². The van der Waals surface area contributed by atoms with Gasteiger partial charge in [-0.3, -0.25) is 5.43 Å². The van der Waals surface area contributed by atoms with Crippen LogP contribution >= 0.6 is 12.2 Å². The first-order chi connectivity index (χ1) is 13.8. The summed E-state index contributed by atoms with van der Waals surface area (Å²) in [6.45, 7) is 0.698. The minimum absolute atomic E-state index is 0.445. The summed E-state index contributed by atoms with van der Waals surface area (Å²) in [5.41, 5.74) is 6.03. The number of nitrogens with zero attached hydrogens (tertiary/aromatic N) is 1. The SMILES string of the molecule is S=C(N/N=C/c1ccc(OCCCc2ccccc2)cc1)Nc1ccccc1. The Morgan fingerprint density at radius 2 is 1.57 bits per heavy atom. The van der Waals surface area contributed by atoms with Crippen molar-refractivity contribution in [3.05, 3.63) is 96.1 Å². The van der Waals surface area contributed by atoms with E-state index in [9.17, 15) is 0 Å². The van der Waals surface area contributed by atoms with Crippen LogP contribution in [0, 0.1) is 0 Å². The molecule has 0 fully saturated rings. The second-order valence-corrected chi connectivity index (χ2v) is 6.61. The largest absolute Gasteiger partial charge is 0.494 e. The lowest BCUT2D eigenvalue weighted by Crippen LogP contribution is -2.23. The monoisotopic (exact) mass is 389 g/mol. The number of nitrogens with one attached hydrogen (secondary N) is 2. The first-order valence-electron chi connectivity index (χ1n) is 9.21. The average molecular weight is 390 g/mol. The molecule has 0 bridgehead atoms. The number of aryl methyl sites for hydroxylation is 1. The molecular formula is C23H23N3OS. The van der Waals surface area contributed by atoms with E-state index in [1.165, 1.54) is 5.56 Å². The van der Waals surface area contributed by atoms with Crippen LogP contribution in [0.25, 0.3) is 0 Å². The van der Waals surface area contributed by atoms with Crippen LogP contribution in [0.2, 0.25) is 0 Å². The summed E-state index contributed by atoms with van der Waals surface area (Å²) < 4.78 is 5.80. The van der Waals surface area contributed by atoms with Gasteiger partial charge in [-0.25, -0.2) is 0 Å². The number of ether oxygens (including phenoxy) is 1. The third kappa shape index (κ3) is 6.85. The highest BCUT2D eigenvalue weighted by Crippen LogP contribution is 2.12. The molecule has 0 unspecified atom stereocenters. The molecule has 4 nitrogen and oxygen atoms in total. The third-order valence-corrected chi connectivity index (χ3v) is 4.21. The van der Waals surface area contributed by atoms with Crippen LogP contribution in [0.5, 0.6) is 5.75 Å². The smallest absolute Gasteiger partial charge is 0.191 e. The summed E-state index contributed by atoms with van der Waals surface area (Å²) >= 11 is 5.21. The van der Waals surface area contributed by atoms with Gasteiger partial charge < -0.3 is 10.1 Å². The molecular weight excluding hydrogens is 366 g/mol. The molecule has 2 N–H and O–H groups in total. The molecule has 28 heavy (non-hydrogen) atoms. The van der Waals surface area contributed by atoms with E-state index in [4.69, 9.17) is 17.0 Å². The van der Waals surface area contributed by atoms with E-state index < -0.39 is 0 Å². The quantitative estimate of drug-likeness (QED) is 0.246. The maximum absolute atomic E-state index is 5.80. The molecule has 0 saturated carbocycles. The van der Waals surface area contributed by atoms with E-state index >= 15 is 0 Å². The van der Waals surface area contributed by atoms with Crippen molar-refractivity contribution in [2.45, 2.75) is 12.8 Å². The molecule has 0 saturated heterocycles. The van der Waals surface area contributed by atoms with E-state index in [1.54, 1.807) is 6.21 Å². The topological polar surface area (TPSA) is 45.7 Å². The molecule has 0 aromatic heterocycles. The van der Waals surface area contributed by atoms with Gasteiger partial charge in [0.25, 0.3) is 0 Å². The van der Waals surface area contributed by atoms with Crippen molar-refractivity contribution in [1.82, 2.24) is 5.43 Å². The van der Waals surface area contributed by atoms with Gasteiger partial charge >= 0.3 is 0 Å². The molecule has 5 heteroatoms. The Morgan fingerprint density at radius 1 is 0.893 bits per heavy atom. The Morgan fingerprint density at radius 3 is 2.29 bits per heavy atom. The zero-order chi connectivity index (χ0) is 19.4. The number of hydrogen-bond acceptors (Lipinski definition) is 3. The van der Waals surface area contributed by atoms with Crippen molar-refractivity contribution >= 4 is 29.2 Å². The Bertz CT molecular complexity index is 881. The molecule has 0 amide bonds. The molecule has 3 rings (SSSR count). The minimum atomic E-state index is 0.445. The fourth-order valence-corrected chi connectivity index (χ4v) is 2.78. The lowest BCUT2D eigenvalue weighted by molar-refractivity contribution is 0.311. The van der Waals surface area contributed by atoms with Crippen LogP contribution in [-0.2, 0) is 6.42 Å². The molecule has 3 aromatic rings. The van der Waals surface area contributed by atoms with Gasteiger partial charge in [0.15, 0.2) is 5.11 Å². The summed E-state index contributed by atoms with van der Waals surface area (Å²) in [7, 11) is 0. The van der Waals surface area contributed by atoms with Gasteiger partial charge in [0.05, 0.1) is 12.8 Å². The lowest BCUT2D eigenvalue weighted by Gasteiger charge is -2.07. The van der Waals surface area contributed by atoms with Crippen LogP contribution in [0.15, 0.2) is 90.0 Å². The Balaban J connectivity index is 1.37. The van der Waals surface area contributed by atoms with Crippen LogP contribution in [0.4, 0.5) is 5.69 Å². The Hall–Kier alpha value is -3.18. The summed E-state index contributed by atoms with van der Waals surface area (Å²) in [6, 6.07) is 28.0. The number of para-hydroxylation sites is 1. The van der Waals surface area contributed by atoms with Gasteiger partial charge in [-0.1, -0.05) is 48.5 Å². The van der Waals surface area contributed by atoms with Gasteiger partial charge in [-0.05, 0) is 72.6 Å². The van der Waals surface area contributed by atoms with Crippen molar-refractivity contribution in [1.29, 1.82) is 0 Å². The zero-order valence-electron chi connectivity index (χ0n) is 15.5. The number of rotatable bonds is 8. The lowest BCUT2D eigenvalue weighted by atomic mass is 10.1. The van der Waals surface area contributed by atoms with E-state index in [-0.39, 0.29) is 0 Å². The first kappa shape index (κ1) is 19.6. The Labute approximate surface area is 171 Å². The Kier molecular flexibility index (Phi) is 7.58. The fourth-order valence-electron chi connectivity index (χ4n) is 2.61. The third-order valence-electron chi connectivity index (χ3n) is 4.01. The van der Waals surface area contributed by atoms with Crippen LogP contribution in [0.1, 0.15) is 17.5 Å². The fraction of sp³-hybridized carbons (Fsp3) is 0.130. The number of hydrazone groups is 1. The number of thiocarbonyl (C=S) groups is 1. The van der Waals surface area contributed by atoms with Gasteiger partial charge in [-0.2, -0.15) is 5.10 Å². The second-order valence-electron chi connectivity index (χ2n) is 6.20. The number of benzene rings is 3. The van der Waals surface area contributed by atoms with Crippen molar-refractivity contribution in [3.8, 4) is 5.75 Å². The predicted octanol–water partition coefficient (Wildman–Crippen LogP) is 5.02. The standard InChI is InChI=1S/C23H23N3OS/c28-23(25-21-11-5-2-6-12-21)26-24-18-20-13-15-22(16-14-20)27-17-7-10-19-8-3-1-4-9-19/h1-6,8-9,11-16,18H,7,10,17H2,(H2,25,26,28)/b24-18+. The van der Waals surface area contributed by atoms with E-state index in [1.807, 2.05) is 60.7 Å². The van der Waals surface area contributed by atoms with Crippen molar-refractivity contribution < 1.29 is 4.74 Å². The molecule has 0 radical (unpaired) electrons. The summed E-state index contributed by atoms with van der Waals surface area (Å²) in [6.07, 6.45) is 3.73. The molecule has 0 heterocycles. The zero-order valence-corrected chi connectivity index (χ0v) is 16.4. The van der Waals surface area contributed by atoms with E-state index in [2.05, 4.69) is 40.1 Å². The molecule has 3 aromatic carbocycles. The maximum atomic E-state index is 5.80. The van der Waals surface area contributed by atoms with Crippen LogP contribution < -0.4 is 15.5 Å². The van der Waals surface area contributed by atoms with Crippen LogP contribution in [0.3, 0.4) is 0 Å². The molecule has 0 aliphatic heterocycles. The second kappa shape index (κ2) is 10.8. The van der Waals surface area contributed by atoms with Gasteiger partial charge in [0.2, 0.25) is 0 Å². The molecule has 0 spiro atoms. The number of anilines is 1.